The maximum atomic E-state index is 13.2. The van der Waals surface area contributed by atoms with Gasteiger partial charge in [-0.1, -0.05) is 11.6 Å². The van der Waals surface area contributed by atoms with Gasteiger partial charge in [-0.15, -0.1) is 0 Å². The molecule has 2 heterocycles. The number of nitrogens with zero attached hydrogens (tertiary/aromatic N) is 2. The summed E-state index contributed by atoms with van der Waals surface area (Å²) in [6.07, 6.45) is 2.59. The lowest BCUT2D eigenvalue weighted by atomic mass is 10.4. The molecule has 0 saturated carbocycles. The number of hydrogen-bond donors (Lipinski definition) is 1. The van der Waals surface area contributed by atoms with E-state index < -0.39 is 11.8 Å². The lowest BCUT2D eigenvalue weighted by Crippen LogP contribution is -1.95. The molecule has 2 aromatic heterocycles. The summed E-state index contributed by atoms with van der Waals surface area (Å²) in [5.74, 6) is -1.85. The van der Waals surface area contributed by atoms with E-state index in [4.69, 9.17) is 16.7 Å². The molecule has 0 aliphatic heterocycles. The monoisotopic (exact) mass is 214 g/mol. The fraction of sp³-hybridized carbons (Fsp3) is 0. The third kappa shape index (κ3) is 1.31. The second-order valence-electron chi connectivity index (χ2n) is 2.67. The summed E-state index contributed by atoms with van der Waals surface area (Å²) in [6, 6.07) is 1.08. The van der Waals surface area contributed by atoms with Gasteiger partial charge in [0.15, 0.2) is 17.2 Å². The molecule has 0 fully saturated rings. The van der Waals surface area contributed by atoms with E-state index in [-0.39, 0.29) is 16.4 Å². The van der Waals surface area contributed by atoms with Crippen LogP contribution in [0.2, 0.25) is 5.02 Å². The summed E-state index contributed by atoms with van der Waals surface area (Å²) in [5, 5.41) is 8.80. The molecule has 0 aliphatic carbocycles. The van der Waals surface area contributed by atoms with Crippen LogP contribution in [-0.4, -0.2) is 20.5 Å². The average Bonchev–Trinajstić information content (AvgIpc) is 2.47. The highest BCUT2D eigenvalue weighted by molar-refractivity contribution is 6.30. The van der Waals surface area contributed by atoms with Gasteiger partial charge >= 0.3 is 5.97 Å². The number of hydrogen-bond acceptors (Lipinski definition) is 2. The molecule has 0 aromatic carbocycles. The number of carboxylic acid groups (broad SMARTS) is 1. The number of halogens is 2. The normalized spacial score (nSPS) is 10.7. The van der Waals surface area contributed by atoms with Crippen LogP contribution >= 0.6 is 11.6 Å². The summed E-state index contributed by atoms with van der Waals surface area (Å²) >= 11 is 5.58. The first-order valence-electron chi connectivity index (χ1n) is 3.65. The zero-order valence-electron chi connectivity index (χ0n) is 6.74. The van der Waals surface area contributed by atoms with Crippen LogP contribution in [0.3, 0.4) is 0 Å². The van der Waals surface area contributed by atoms with E-state index >= 15 is 0 Å². The van der Waals surface area contributed by atoms with Gasteiger partial charge in [-0.25, -0.2) is 14.2 Å². The van der Waals surface area contributed by atoms with E-state index in [0.717, 1.165) is 6.07 Å². The first kappa shape index (κ1) is 8.96. The largest absolute Gasteiger partial charge is 0.476 e. The van der Waals surface area contributed by atoms with Crippen molar-refractivity contribution in [1.29, 1.82) is 0 Å². The molecule has 1 N–H and O–H groups in total. The molecule has 72 valence electrons. The third-order valence-electron chi connectivity index (χ3n) is 1.69. The molecule has 0 bridgehead atoms. The number of aromatic carboxylic acids is 1. The Labute approximate surface area is 82.6 Å². The van der Waals surface area contributed by atoms with Crippen molar-refractivity contribution in [2.75, 3.05) is 0 Å². The van der Waals surface area contributed by atoms with Crippen molar-refractivity contribution in [2.24, 2.45) is 0 Å². The topological polar surface area (TPSA) is 54.6 Å². The molecule has 4 nitrogen and oxygen atoms in total. The second-order valence-corrected chi connectivity index (χ2v) is 3.10. The Balaban J connectivity index is 2.76. The smallest absolute Gasteiger partial charge is 0.356 e. The van der Waals surface area contributed by atoms with Crippen LogP contribution in [0.1, 0.15) is 10.5 Å². The molecular weight excluding hydrogens is 211 g/mol. The lowest BCUT2D eigenvalue weighted by Gasteiger charge is -1.94. The Kier molecular flexibility index (Phi) is 1.89. The molecule has 0 radical (unpaired) electrons. The van der Waals surface area contributed by atoms with E-state index in [1.807, 2.05) is 0 Å². The van der Waals surface area contributed by atoms with E-state index in [1.54, 1.807) is 0 Å². The zero-order valence-corrected chi connectivity index (χ0v) is 7.49. The molecule has 0 aliphatic rings. The number of aromatic nitrogens is 2. The highest BCUT2D eigenvalue weighted by Gasteiger charge is 2.11. The predicted octanol–water partition coefficient (Wildman–Crippen LogP) is 1.82. The first-order chi connectivity index (χ1) is 6.58. The number of rotatable bonds is 1. The standard InChI is InChI=1S/C8H4ClFN2O2/c9-4-1-5(10)7-11-6(8(13)14)3-12(7)2-4/h1-3H,(H,13,14). The molecule has 0 unspecified atom stereocenters. The van der Waals surface area contributed by atoms with E-state index in [0.29, 0.717) is 0 Å². The van der Waals surface area contributed by atoms with Gasteiger partial charge in [-0.05, 0) is 6.07 Å². The minimum absolute atomic E-state index is 0.0493. The van der Waals surface area contributed by atoms with Crippen molar-refractivity contribution in [2.45, 2.75) is 0 Å². The maximum Gasteiger partial charge on any atom is 0.356 e. The number of fused-ring (bicyclic) bond motifs is 1. The Morgan fingerprint density at radius 1 is 1.57 bits per heavy atom. The van der Waals surface area contributed by atoms with Crippen LogP contribution in [0, 0.1) is 5.82 Å². The molecule has 0 spiro atoms. The van der Waals surface area contributed by atoms with Crippen LogP contribution in [0.4, 0.5) is 4.39 Å². The van der Waals surface area contributed by atoms with Gasteiger partial charge in [0.2, 0.25) is 0 Å². The fourth-order valence-electron chi connectivity index (χ4n) is 1.13. The summed E-state index contributed by atoms with van der Waals surface area (Å²) in [7, 11) is 0. The Morgan fingerprint density at radius 3 is 2.93 bits per heavy atom. The SMILES string of the molecule is O=C(O)c1cn2cc(Cl)cc(F)c2n1. The van der Waals surface area contributed by atoms with Crippen molar-refractivity contribution < 1.29 is 14.3 Å². The second kappa shape index (κ2) is 2.95. The van der Waals surface area contributed by atoms with Crippen LogP contribution in [0.15, 0.2) is 18.5 Å². The van der Waals surface area contributed by atoms with Gasteiger partial charge in [0.05, 0.1) is 5.02 Å². The highest BCUT2D eigenvalue weighted by Crippen LogP contribution is 2.15. The Morgan fingerprint density at radius 2 is 2.29 bits per heavy atom. The number of imidazole rings is 1. The van der Waals surface area contributed by atoms with Crippen LogP contribution in [-0.2, 0) is 0 Å². The van der Waals surface area contributed by atoms with Crippen LogP contribution in [0.25, 0.3) is 5.65 Å². The molecule has 2 rings (SSSR count). The summed E-state index contributed by atoms with van der Waals surface area (Å²) in [5.41, 5.74) is -0.266. The quantitative estimate of drug-likeness (QED) is 0.788. The molecule has 0 atom stereocenters. The number of carbonyl (C=O) groups is 1. The van der Waals surface area contributed by atoms with Crippen LogP contribution < -0.4 is 0 Å². The van der Waals surface area contributed by atoms with E-state index in [2.05, 4.69) is 4.98 Å². The van der Waals surface area contributed by atoms with E-state index in [9.17, 15) is 9.18 Å². The lowest BCUT2D eigenvalue weighted by molar-refractivity contribution is 0.0691. The van der Waals surface area contributed by atoms with Crippen molar-refractivity contribution in [3.05, 3.63) is 35.0 Å². The van der Waals surface area contributed by atoms with Gasteiger partial charge in [0, 0.05) is 12.4 Å². The third-order valence-corrected chi connectivity index (χ3v) is 1.90. The summed E-state index contributed by atoms with van der Waals surface area (Å²) < 4.78 is 14.4. The predicted molar refractivity (Wildman–Crippen MR) is 47.1 cm³/mol. The Hall–Kier alpha value is -1.62. The highest BCUT2D eigenvalue weighted by atomic mass is 35.5. The van der Waals surface area contributed by atoms with E-state index in [1.165, 1.54) is 16.8 Å². The van der Waals surface area contributed by atoms with Gasteiger partial charge in [0.25, 0.3) is 0 Å². The average molecular weight is 215 g/mol. The molecule has 0 saturated heterocycles. The molecular formula is C8H4ClFN2O2. The van der Waals surface area contributed by atoms with Crippen molar-refractivity contribution >= 4 is 23.2 Å². The van der Waals surface area contributed by atoms with Crippen LogP contribution in [0.5, 0.6) is 0 Å². The van der Waals surface area contributed by atoms with Gasteiger partial charge in [-0.2, -0.15) is 0 Å². The number of carboxylic acids is 1. The fourth-order valence-corrected chi connectivity index (χ4v) is 1.33. The maximum absolute atomic E-state index is 13.2. The van der Waals surface area contributed by atoms with Crippen molar-refractivity contribution in [3.8, 4) is 0 Å². The van der Waals surface area contributed by atoms with Crippen molar-refractivity contribution in [1.82, 2.24) is 9.38 Å². The van der Waals surface area contributed by atoms with Gasteiger partial charge in [0.1, 0.15) is 0 Å². The number of pyridine rings is 1. The molecule has 0 amide bonds. The first-order valence-corrected chi connectivity index (χ1v) is 4.03. The van der Waals surface area contributed by atoms with Gasteiger partial charge < -0.3 is 9.51 Å². The molecule has 6 heteroatoms. The zero-order chi connectivity index (χ0) is 10.3. The molecule has 14 heavy (non-hydrogen) atoms. The summed E-state index contributed by atoms with van der Waals surface area (Å²) in [4.78, 5) is 14.1. The minimum Gasteiger partial charge on any atom is -0.476 e. The minimum atomic E-state index is -1.20. The molecule has 2 aromatic rings. The summed E-state index contributed by atoms with van der Waals surface area (Å²) in [6.45, 7) is 0. The van der Waals surface area contributed by atoms with Crippen molar-refractivity contribution in [3.63, 3.8) is 0 Å². The Bertz CT molecular complexity index is 523. The van der Waals surface area contributed by atoms with Gasteiger partial charge in [-0.3, -0.25) is 0 Å².